The second kappa shape index (κ2) is 9.49. The molecule has 2 aromatic carbocycles. The Bertz CT molecular complexity index is 933. The third-order valence-corrected chi connectivity index (χ3v) is 5.81. The predicted octanol–water partition coefficient (Wildman–Crippen LogP) is 4.04. The fourth-order valence-corrected chi connectivity index (χ4v) is 3.98. The van der Waals surface area contributed by atoms with Crippen molar-refractivity contribution < 1.29 is 17.9 Å². The topological polar surface area (TPSA) is 75.7 Å². The van der Waals surface area contributed by atoms with Crippen molar-refractivity contribution in [1.29, 1.82) is 0 Å². The van der Waals surface area contributed by atoms with Crippen LogP contribution in [0, 0.1) is 0 Å². The second-order valence-corrected chi connectivity index (χ2v) is 8.92. The number of halogens is 2. The van der Waals surface area contributed by atoms with Crippen LogP contribution in [0.2, 0.25) is 10.0 Å². The summed E-state index contributed by atoms with van der Waals surface area (Å²) in [5.41, 5.74) is 1.05. The average Bonchev–Trinajstić information content (AvgIpc) is 2.65. The van der Waals surface area contributed by atoms with Crippen molar-refractivity contribution in [2.45, 2.75) is 19.4 Å². The second-order valence-electron chi connectivity index (χ2n) is 6.17. The molecule has 0 saturated carbocycles. The lowest BCUT2D eigenvalue weighted by Crippen LogP contribution is -2.41. The number of benzene rings is 2. The standard InChI is InChI=1S/C19H22Cl2N2O4S/c1-4-17(13-5-8-15(27-2)9-6-13)22-19(24)12-23(28(3,25)26)18-11-14(20)7-10-16(18)21/h5-11,17H,4,12H2,1-3H3,(H,22,24). The summed E-state index contributed by atoms with van der Waals surface area (Å²) in [6, 6.07) is 11.5. The Kier molecular flexibility index (Phi) is 7.57. The van der Waals surface area contributed by atoms with E-state index in [0.29, 0.717) is 17.2 Å². The molecule has 9 heteroatoms. The van der Waals surface area contributed by atoms with Crippen LogP contribution in [0.4, 0.5) is 5.69 Å². The van der Waals surface area contributed by atoms with Crippen LogP contribution in [0.15, 0.2) is 42.5 Å². The van der Waals surface area contributed by atoms with E-state index in [0.717, 1.165) is 16.1 Å². The molecule has 0 aliphatic carbocycles. The Morgan fingerprint density at radius 1 is 1.18 bits per heavy atom. The predicted molar refractivity (Wildman–Crippen MR) is 113 cm³/mol. The Hall–Kier alpha value is -1.96. The molecule has 0 fully saturated rings. The van der Waals surface area contributed by atoms with E-state index in [4.69, 9.17) is 27.9 Å². The first kappa shape index (κ1) is 22.3. The van der Waals surface area contributed by atoms with Gasteiger partial charge in [-0.15, -0.1) is 0 Å². The van der Waals surface area contributed by atoms with E-state index >= 15 is 0 Å². The molecule has 0 aromatic heterocycles. The van der Waals surface area contributed by atoms with Gasteiger partial charge in [-0.1, -0.05) is 42.3 Å². The van der Waals surface area contributed by atoms with Crippen LogP contribution >= 0.6 is 23.2 Å². The third-order valence-electron chi connectivity index (χ3n) is 4.13. The lowest BCUT2D eigenvalue weighted by Gasteiger charge is -2.25. The van der Waals surface area contributed by atoms with E-state index in [2.05, 4.69) is 5.32 Å². The summed E-state index contributed by atoms with van der Waals surface area (Å²) >= 11 is 12.1. The van der Waals surface area contributed by atoms with Gasteiger partial charge in [0.2, 0.25) is 15.9 Å². The van der Waals surface area contributed by atoms with Gasteiger partial charge >= 0.3 is 0 Å². The fourth-order valence-electron chi connectivity index (χ4n) is 2.69. The van der Waals surface area contributed by atoms with Gasteiger partial charge < -0.3 is 10.1 Å². The zero-order chi connectivity index (χ0) is 20.9. The summed E-state index contributed by atoms with van der Waals surface area (Å²) in [4.78, 5) is 12.6. The van der Waals surface area contributed by atoms with E-state index in [9.17, 15) is 13.2 Å². The minimum atomic E-state index is -3.76. The highest BCUT2D eigenvalue weighted by atomic mass is 35.5. The highest BCUT2D eigenvalue weighted by molar-refractivity contribution is 7.92. The minimum absolute atomic E-state index is 0.157. The van der Waals surface area contributed by atoms with Gasteiger partial charge in [-0.2, -0.15) is 0 Å². The molecule has 6 nitrogen and oxygen atoms in total. The largest absolute Gasteiger partial charge is 0.497 e. The van der Waals surface area contributed by atoms with Crippen LogP contribution in [-0.4, -0.2) is 34.2 Å². The molecular weight excluding hydrogens is 423 g/mol. The van der Waals surface area contributed by atoms with Crippen LogP contribution in [0.1, 0.15) is 24.9 Å². The molecule has 2 rings (SSSR count). The van der Waals surface area contributed by atoms with Crippen molar-refractivity contribution in [2.75, 3.05) is 24.2 Å². The molecule has 1 N–H and O–H groups in total. The molecule has 0 radical (unpaired) electrons. The van der Waals surface area contributed by atoms with E-state index in [1.807, 2.05) is 19.1 Å². The molecule has 28 heavy (non-hydrogen) atoms. The maximum atomic E-state index is 12.6. The summed E-state index contributed by atoms with van der Waals surface area (Å²) in [5.74, 6) is 0.257. The summed E-state index contributed by atoms with van der Waals surface area (Å²) in [6.07, 6.45) is 1.65. The molecular formula is C19H22Cl2N2O4S. The number of hydrogen-bond acceptors (Lipinski definition) is 4. The summed E-state index contributed by atoms with van der Waals surface area (Å²) < 4.78 is 30.6. The number of nitrogens with zero attached hydrogens (tertiary/aromatic N) is 1. The first-order valence-corrected chi connectivity index (χ1v) is 11.1. The van der Waals surface area contributed by atoms with E-state index in [-0.39, 0.29) is 16.8 Å². The minimum Gasteiger partial charge on any atom is -0.497 e. The Morgan fingerprint density at radius 2 is 1.82 bits per heavy atom. The Labute approximate surface area is 175 Å². The normalized spacial score (nSPS) is 12.3. The Morgan fingerprint density at radius 3 is 2.36 bits per heavy atom. The zero-order valence-corrected chi connectivity index (χ0v) is 18.1. The maximum absolute atomic E-state index is 12.6. The van der Waals surface area contributed by atoms with Gasteiger partial charge in [0.1, 0.15) is 12.3 Å². The highest BCUT2D eigenvalue weighted by Gasteiger charge is 2.24. The monoisotopic (exact) mass is 444 g/mol. The number of sulfonamides is 1. The van der Waals surface area contributed by atoms with Gasteiger partial charge in [0.05, 0.1) is 30.1 Å². The molecule has 0 saturated heterocycles. The van der Waals surface area contributed by atoms with Gasteiger partial charge in [-0.25, -0.2) is 8.42 Å². The number of amides is 1. The molecule has 0 aliphatic heterocycles. The number of methoxy groups -OCH3 is 1. The van der Waals surface area contributed by atoms with Crippen LogP contribution in [0.25, 0.3) is 0 Å². The van der Waals surface area contributed by atoms with Crippen LogP contribution < -0.4 is 14.4 Å². The number of carbonyl (C=O) groups excluding carboxylic acids is 1. The lowest BCUT2D eigenvalue weighted by atomic mass is 10.0. The van der Waals surface area contributed by atoms with E-state index in [1.165, 1.54) is 12.1 Å². The van der Waals surface area contributed by atoms with E-state index < -0.39 is 22.5 Å². The fraction of sp³-hybridized carbons (Fsp3) is 0.316. The van der Waals surface area contributed by atoms with Crippen molar-refractivity contribution in [3.8, 4) is 5.75 Å². The van der Waals surface area contributed by atoms with Crippen molar-refractivity contribution in [2.24, 2.45) is 0 Å². The lowest BCUT2D eigenvalue weighted by molar-refractivity contribution is -0.120. The molecule has 0 heterocycles. The first-order chi connectivity index (χ1) is 13.2. The van der Waals surface area contributed by atoms with Gasteiger partial charge in [0.15, 0.2) is 0 Å². The summed E-state index contributed by atoms with van der Waals surface area (Å²) in [7, 11) is -2.18. The van der Waals surface area contributed by atoms with Crippen molar-refractivity contribution in [1.82, 2.24) is 5.32 Å². The van der Waals surface area contributed by atoms with Gasteiger partial charge in [0, 0.05) is 5.02 Å². The SMILES string of the molecule is CCC(NC(=O)CN(c1cc(Cl)ccc1Cl)S(C)(=O)=O)c1ccc(OC)cc1. The first-order valence-electron chi connectivity index (χ1n) is 8.51. The molecule has 0 bridgehead atoms. The van der Waals surface area contributed by atoms with Crippen LogP contribution in [0.5, 0.6) is 5.75 Å². The number of carbonyl (C=O) groups is 1. The van der Waals surface area contributed by atoms with Crippen molar-refractivity contribution in [3.63, 3.8) is 0 Å². The van der Waals surface area contributed by atoms with Gasteiger partial charge in [0.25, 0.3) is 0 Å². The molecule has 152 valence electrons. The van der Waals surface area contributed by atoms with Gasteiger partial charge in [-0.3, -0.25) is 9.10 Å². The molecule has 0 spiro atoms. The number of nitrogens with one attached hydrogen (secondary N) is 1. The molecule has 1 amide bonds. The average molecular weight is 445 g/mol. The Balaban J connectivity index is 2.22. The summed E-state index contributed by atoms with van der Waals surface area (Å²) in [5, 5.41) is 3.37. The quantitative estimate of drug-likeness (QED) is 0.666. The van der Waals surface area contributed by atoms with Crippen molar-refractivity contribution in [3.05, 3.63) is 58.1 Å². The number of rotatable bonds is 8. The smallest absolute Gasteiger partial charge is 0.241 e. The van der Waals surface area contributed by atoms with E-state index in [1.54, 1.807) is 25.3 Å². The highest BCUT2D eigenvalue weighted by Crippen LogP contribution is 2.30. The van der Waals surface area contributed by atoms with Crippen LogP contribution in [0.3, 0.4) is 0 Å². The molecule has 2 aromatic rings. The molecule has 1 unspecified atom stereocenters. The zero-order valence-electron chi connectivity index (χ0n) is 15.8. The molecule has 0 aliphatic rings. The van der Waals surface area contributed by atoms with Crippen molar-refractivity contribution >= 4 is 44.8 Å². The number of anilines is 1. The number of ether oxygens (including phenoxy) is 1. The van der Waals surface area contributed by atoms with Crippen LogP contribution in [-0.2, 0) is 14.8 Å². The molecule has 1 atom stereocenters. The maximum Gasteiger partial charge on any atom is 0.241 e. The summed E-state index contributed by atoms with van der Waals surface area (Å²) in [6.45, 7) is 1.52. The number of hydrogen-bond donors (Lipinski definition) is 1. The van der Waals surface area contributed by atoms with Gasteiger partial charge in [-0.05, 0) is 42.3 Å². The third kappa shape index (κ3) is 5.77.